The van der Waals surface area contributed by atoms with Crippen molar-refractivity contribution in [3.63, 3.8) is 0 Å². The van der Waals surface area contributed by atoms with Crippen molar-refractivity contribution in [1.82, 2.24) is 10.2 Å². The molecule has 23 heavy (non-hydrogen) atoms. The average molecular weight is 324 g/mol. The van der Waals surface area contributed by atoms with E-state index in [0.29, 0.717) is 19.0 Å². The van der Waals surface area contributed by atoms with Gasteiger partial charge in [0.15, 0.2) is 0 Å². The molecule has 5 nitrogen and oxygen atoms in total. The Labute approximate surface area is 140 Å². The summed E-state index contributed by atoms with van der Waals surface area (Å²) in [7, 11) is 1.41. The van der Waals surface area contributed by atoms with Crippen molar-refractivity contribution < 1.29 is 14.3 Å². The molecule has 0 aromatic rings. The summed E-state index contributed by atoms with van der Waals surface area (Å²) in [5.41, 5.74) is -0.396. The van der Waals surface area contributed by atoms with Gasteiger partial charge in [0, 0.05) is 24.0 Å². The molecule has 1 saturated heterocycles. The van der Waals surface area contributed by atoms with Crippen LogP contribution >= 0.6 is 0 Å². The highest BCUT2D eigenvalue weighted by molar-refractivity contribution is 5.82. The zero-order valence-corrected chi connectivity index (χ0v) is 15.2. The van der Waals surface area contributed by atoms with E-state index in [2.05, 4.69) is 17.1 Å². The van der Waals surface area contributed by atoms with Crippen LogP contribution in [0.3, 0.4) is 0 Å². The van der Waals surface area contributed by atoms with E-state index in [1.165, 1.54) is 20.0 Å². The molecule has 1 N–H and O–H groups in total. The van der Waals surface area contributed by atoms with E-state index < -0.39 is 5.41 Å². The first-order valence-corrected chi connectivity index (χ1v) is 8.88. The number of ether oxygens (including phenoxy) is 1. The summed E-state index contributed by atoms with van der Waals surface area (Å²) in [4.78, 5) is 26.9. The number of hydrogen-bond acceptors (Lipinski definition) is 4. The minimum Gasteiger partial charge on any atom is -0.468 e. The fourth-order valence-corrected chi connectivity index (χ4v) is 3.79. The number of carbonyl (C=O) groups excluding carboxylic acids is 2. The van der Waals surface area contributed by atoms with Gasteiger partial charge in [0.2, 0.25) is 5.91 Å². The average Bonchev–Trinajstić information content (AvgIpc) is 2.97. The molecule has 132 valence electrons. The molecule has 0 aromatic heterocycles. The predicted octanol–water partition coefficient (Wildman–Crippen LogP) is 2.34. The quantitative estimate of drug-likeness (QED) is 0.810. The summed E-state index contributed by atoms with van der Waals surface area (Å²) >= 11 is 0. The van der Waals surface area contributed by atoms with E-state index in [-0.39, 0.29) is 24.0 Å². The molecular weight excluding hydrogens is 292 g/mol. The lowest BCUT2D eigenvalue weighted by Gasteiger charge is -2.42. The van der Waals surface area contributed by atoms with Crippen LogP contribution in [0.5, 0.6) is 0 Å². The van der Waals surface area contributed by atoms with Crippen LogP contribution in [0.25, 0.3) is 0 Å². The third-order valence-electron chi connectivity index (χ3n) is 5.24. The summed E-state index contributed by atoms with van der Waals surface area (Å²) in [5.74, 6) is 0.727. The number of methoxy groups -OCH3 is 1. The Morgan fingerprint density at radius 3 is 2.22 bits per heavy atom. The number of nitrogens with one attached hydrogen (secondary N) is 1. The molecule has 0 radical (unpaired) electrons. The Kier molecular flexibility index (Phi) is 5.71. The monoisotopic (exact) mass is 324 g/mol. The molecular formula is C18H32N2O3. The second kappa shape index (κ2) is 7.20. The third kappa shape index (κ3) is 4.25. The molecule has 5 heteroatoms. The number of rotatable bonds is 3. The zero-order valence-electron chi connectivity index (χ0n) is 15.2. The first-order chi connectivity index (χ1) is 10.7. The molecule has 1 heterocycles. The van der Waals surface area contributed by atoms with Crippen molar-refractivity contribution in [2.24, 2.45) is 11.3 Å². The van der Waals surface area contributed by atoms with Gasteiger partial charge >= 0.3 is 5.97 Å². The van der Waals surface area contributed by atoms with Crippen LogP contribution in [0.1, 0.15) is 59.8 Å². The maximum absolute atomic E-state index is 13.1. The predicted molar refractivity (Wildman–Crippen MR) is 89.9 cm³/mol. The van der Waals surface area contributed by atoms with Crippen LogP contribution in [-0.4, -0.2) is 48.6 Å². The lowest BCUT2D eigenvalue weighted by Crippen LogP contribution is -2.53. The van der Waals surface area contributed by atoms with Gasteiger partial charge in [-0.05, 0) is 38.0 Å². The van der Waals surface area contributed by atoms with E-state index in [1.54, 1.807) is 0 Å². The van der Waals surface area contributed by atoms with E-state index >= 15 is 0 Å². The Balaban J connectivity index is 2.14. The van der Waals surface area contributed by atoms with Gasteiger partial charge in [-0.2, -0.15) is 0 Å². The molecule has 1 aliphatic carbocycles. The highest BCUT2D eigenvalue weighted by atomic mass is 16.5. The molecule has 1 amide bonds. The minimum absolute atomic E-state index is 0.0873. The van der Waals surface area contributed by atoms with E-state index in [9.17, 15) is 9.59 Å². The van der Waals surface area contributed by atoms with Gasteiger partial charge in [0.05, 0.1) is 7.11 Å². The first-order valence-electron chi connectivity index (χ1n) is 8.88. The Hall–Kier alpha value is -1.10. The summed E-state index contributed by atoms with van der Waals surface area (Å²) in [6.07, 6.45) is 5.16. The number of amides is 1. The molecule has 1 saturated carbocycles. The number of esters is 1. The fraction of sp³-hybridized carbons (Fsp3) is 0.889. The molecule has 1 aliphatic heterocycles. The summed E-state index contributed by atoms with van der Waals surface area (Å²) in [6.45, 7) is 8.90. The van der Waals surface area contributed by atoms with Crippen molar-refractivity contribution in [2.45, 2.75) is 77.9 Å². The van der Waals surface area contributed by atoms with Crippen molar-refractivity contribution in [2.75, 3.05) is 13.7 Å². The second-order valence-corrected chi connectivity index (χ2v) is 8.25. The molecule has 0 spiro atoms. The topological polar surface area (TPSA) is 58.6 Å². The molecule has 2 rings (SSSR count). The van der Waals surface area contributed by atoms with E-state index in [1.807, 2.05) is 20.8 Å². The lowest BCUT2D eigenvalue weighted by atomic mass is 9.84. The van der Waals surface area contributed by atoms with Crippen LogP contribution in [-0.2, 0) is 14.3 Å². The van der Waals surface area contributed by atoms with Crippen molar-refractivity contribution in [3.8, 4) is 0 Å². The van der Waals surface area contributed by atoms with Gasteiger partial charge in [0.1, 0.15) is 6.04 Å². The van der Waals surface area contributed by atoms with Crippen LogP contribution in [0.15, 0.2) is 0 Å². The minimum atomic E-state index is -0.396. The SMILES string of the molecule is COC(=O)[C@@H]1C[C@H](N(C(=O)C(C)(C)C)C2CCC(C)CC2)CN1. The highest BCUT2D eigenvalue weighted by Crippen LogP contribution is 2.33. The Bertz CT molecular complexity index is 436. The smallest absolute Gasteiger partial charge is 0.322 e. The molecule has 2 aliphatic rings. The van der Waals surface area contributed by atoms with Gasteiger partial charge in [-0.15, -0.1) is 0 Å². The van der Waals surface area contributed by atoms with Crippen molar-refractivity contribution in [3.05, 3.63) is 0 Å². The summed E-state index contributed by atoms with van der Waals surface area (Å²) < 4.78 is 4.84. The van der Waals surface area contributed by atoms with Crippen molar-refractivity contribution >= 4 is 11.9 Å². The Morgan fingerprint density at radius 2 is 1.70 bits per heavy atom. The van der Waals surface area contributed by atoms with Gasteiger partial charge in [-0.25, -0.2) is 0 Å². The third-order valence-corrected chi connectivity index (χ3v) is 5.24. The normalized spacial score (nSPS) is 31.7. The van der Waals surface area contributed by atoms with E-state index in [4.69, 9.17) is 4.74 Å². The highest BCUT2D eigenvalue weighted by Gasteiger charge is 2.42. The van der Waals surface area contributed by atoms with Gasteiger partial charge in [0.25, 0.3) is 0 Å². The van der Waals surface area contributed by atoms with Crippen molar-refractivity contribution in [1.29, 1.82) is 0 Å². The first kappa shape index (κ1) is 18.2. The molecule has 2 fully saturated rings. The molecule has 0 unspecified atom stereocenters. The summed E-state index contributed by atoms with van der Waals surface area (Å²) in [6, 6.07) is 0.105. The summed E-state index contributed by atoms with van der Waals surface area (Å²) in [5, 5.41) is 3.22. The van der Waals surface area contributed by atoms with Crippen LogP contribution < -0.4 is 5.32 Å². The lowest BCUT2D eigenvalue weighted by molar-refractivity contribution is -0.147. The molecule has 0 bridgehead atoms. The number of hydrogen-bond donors (Lipinski definition) is 1. The van der Waals surface area contributed by atoms with Gasteiger partial charge < -0.3 is 15.0 Å². The maximum Gasteiger partial charge on any atom is 0.322 e. The molecule has 0 aromatic carbocycles. The maximum atomic E-state index is 13.1. The molecule has 2 atom stereocenters. The van der Waals surface area contributed by atoms with Gasteiger partial charge in [-0.1, -0.05) is 27.7 Å². The zero-order chi connectivity index (χ0) is 17.2. The van der Waals surface area contributed by atoms with E-state index in [0.717, 1.165) is 18.8 Å². The Morgan fingerprint density at radius 1 is 1.09 bits per heavy atom. The second-order valence-electron chi connectivity index (χ2n) is 8.25. The standard InChI is InChI=1S/C18H32N2O3/c1-12-6-8-13(9-7-12)20(17(22)18(2,3)4)14-10-15(19-11-14)16(21)23-5/h12-15,19H,6-11H2,1-5H3/t12?,13?,14-,15-/m0/s1. The number of carbonyl (C=O) groups is 2. The van der Waals surface area contributed by atoms with Crippen LogP contribution in [0.2, 0.25) is 0 Å². The van der Waals surface area contributed by atoms with Crippen LogP contribution in [0, 0.1) is 11.3 Å². The fourth-order valence-electron chi connectivity index (χ4n) is 3.79. The van der Waals surface area contributed by atoms with Gasteiger partial charge in [-0.3, -0.25) is 9.59 Å². The largest absolute Gasteiger partial charge is 0.468 e. The number of nitrogens with zero attached hydrogens (tertiary/aromatic N) is 1. The van der Waals surface area contributed by atoms with Crippen LogP contribution in [0.4, 0.5) is 0 Å².